The highest BCUT2D eigenvalue weighted by Gasteiger charge is 2.35. The molecule has 31 heavy (non-hydrogen) atoms. The lowest BCUT2D eigenvalue weighted by atomic mass is 9.98. The van der Waals surface area contributed by atoms with E-state index in [2.05, 4.69) is 0 Å². The van der Waals surface area contributed by atoms with Crippen LogP contribution in [0.25, 0.3) is 0 Å². The predicted octanol–water partition coefficient (Wildman–Crippen LogP) is 4.68. The van der Waals surface area contributed by atoms with Crippen LogP contribution in [-0.4, -0.2) is 35.8 Å². The Morgan fingerprint density at radius 1 is 1.10 bits per heavy atom. The summed E-state index contributed by atoms with van der Waals surface area (Å²) < 4.78 is 10.7. The third kappa shape index (κ3) is 4.67. The average Bonchev–Trinajstić information content (AvgIpc) is 3.48. The van der Waals surface area contributed by atoms with Crippen LogP contribution in [0.1, 0.15) is 40.9 Å². The molecule has 0 saturated heterocycles. The lowest BCUT2D eigenvalue weighted by Gasteiger charge is -2.24. The van der Waals surface area contributed by atoms with E-state index in [1.54, 1.807) is 36.5 Å². The molecular weight excluding hydrogens is 412 g/mol. The van der Waals surface area contributed by atoms with Crippen molar-refractivity contribution in [2.45, 2.75) is 19.4 Å². The largest absolute Gasteiger partial charge is 0.482 e. The fraction of sp³-hybridized carbons (Fsp3) is 0.208. The summed E-state index contributed by atoms with van der Waals surface area (Å²) in [6.45, 7) is 1.85. The third-order valence-corrected chi connectivity index (χ3v) is 5.61. The molecule has 1 amide bonds. The van der Waals surface area contributed by atoms with Crippen molar-refractivity contribution in [1.82, 2.24) is 5.01 Å². The molecule has 0 N–H and O–H groups in total. The number of benzene rings is 2. The second kappa shape index (κ2) is 9.57. The number of hydrogen-bond acceptors (Lipinski definition) is 6. The highest BCUT2D eigenvalue weighted by Crippen LogP contribution is 2.38. The zero-order valence-corrected chi connectivity index (χ0v) is 17.9. The van der Waals surface area contributed by atoms with E-state index < -0.39 is 5.97 Å². The minimum absolute atomic E-state index is 0.184. The average molecular weight is 435 g/mol. The van der Waals surface area contributed by atoms with Gasteiger partial charge in [0.2, 0.25) is 0 Å². The molecule has 7 heteroatoms. The minimum atomic E-state index is -0.434. The number of esters is 1. The molecule has 0 radical (unpaired) electrons. The van der Waals surface area contributed by atoms with Gasteiger partial charge in [-0.2, -0.15) is 16.4 Å². The summed E-state index contributed by atoms with van der Waals surface area (Å²) in [5.74, 6) is -0.0830. The van der Waals surface area contributed by atoms with Crippen molar-refractivity contribution in [3.8, 4) is 5.75 Å². The Balaban J connectivity index is 1.66. The first kappa shape index (κ1) is 20.8. The number of hydrogen-bond donors (Lipinski definition) is 0. The Bertz CT molecular complexity index is 1080. The van der Waals surface area contributed by atoms with Gasteiger partial charge in [0, 0.05) is 23.1 Å². The van der Waals surface area contributed by atoms with E-state index in [9.17, 15) is 9.59 Å². The fourth-order valence-corrected chi connectivity index (χ4v) is 4.15. The molecule has 0 aliphatic carbocycles. The molecule has 1 aromatic heterocycles. The van der Waals surface area contributed by atoms with Gasteiger partial charge in [0.05, 0.1) is 18.4 Å². The smallest absolute Gasteiger partial charge is 0.344 e. The van der Waals surface area contributed by atoms with Gasteiger partial charge < -0.3 is 9.47 Å². The molecule has 6 nitrogen and oxygen atoms in total. The molecule has 0 saturated carbocycles. The van der Waals surface area contributed by atoms with Crippen molar-refractivity contribution in [2.75, 3.05) is 13.2 Å². The van der Waals surface area contributed by atoms with Crippen LogP contribution in [0.4, 0.5) is 0 Å². The monoisotopic (exact) mass is 434 g/mol. The number of rotatable bonds is 7. The highest BCUT2D eigenvalue weighted by atomic mass is 32.1. The van der Waals surface area contributed by atoms with Crippen LogP contribution in [0.2, 0.25) is 0 Å². The molecule has 0 fully saturated rings. The first-order valence-electron chi connectivity index (χ1n) is 10.0. The quantitative estimate of drug-likeness (QED) is 0.506. The van der Waals surface area contributed by atoms with Gasteiger partial charge in [-0.3, -0.25) is 4.79 Å². The summed E-state index contributed by atoms with van der Waals surface area (Å²) in [6.07, 6.45) is 0.551. The van der Waals surface area contributed by atoms with Gasteiger partial charge in [0.1, 0.15) is 5.75 Å². The third-order valence-electron chi connectivity index (χ3n) is 4.92. The van der Waals surface area contributed by atoms with E-state index in [4.69, 9.17) is 14.6 Å². The maximum absolute atomic E-state index is 13.3. The number of carbonyl (C=O) groups is 2. The molecule has 4 rings (SSSR count). The Morgan fingerprint density at radius 3 is 2.61 bits per heavy atom. The minimum Gasteiger partial charge on any atom is -0.482 e. The first-order chi connectivity index (χ1) is 15.2. The Labute approximate surface area is 184 Å². The zero-order valence-electron chi connectivity index (χ0n) is 17.1. The molecule has 1 aliphatic rings. The van der Waals surface area contributed by atoms with E-state index in [1.807, 2.05) is 53.2 Å². The van der Waals surface area contributed by atoms with Crippen LogP contribution in [0, 0.1) is 0 Å². The number of nitrogens with zero attached hydrogens (tertiary/aromatic N) is 2. The van der Waals surface area contributed by atoms with Gasteiger partial charge in [-0.05, 0) is 41.9 Å². The number of thiophene rings is 1. The summed E-state index contributed by atoms with van der Waals surface area (Å²) in [5, 5.41) is 10.2. The molecule has 1 aliphatic heterocycles. The molecule has 3 aromatic rings. The molecular formula is C24H22N2O4S. The van der Waals surface area contributed by atoms with Gasteiger partial charge in [-0.25, -0.2) is 9.80 Å². The van der Waals surface area contributed by atoms with Crippen LogP contribution in [-0.2, 0) is 9.53 Å². The van der Waals surface area contributed by atoms with Crippen LogP contribution in [0.3, 0.4) is 0 Å². The highest BCUT2D eigenvalue weighted by molar-refractivity contribution is 7.08. The topological polar surface area (TPSA) is 68.2 Å². The van der Waals surface area contributed by atoms with Gasteiger partial charge in [-0.15, -0.1) is 0 Å². The summed E-state index contributed by atoms with van der Waals surface area (Å²) in [6, 6.07) is 18.2. The Morgan fingerprint density at radius 2 is 1.87 bits per heavy atom. The summed E-state index contributed by atoms with van der Waals surface area (Å²) in [7, 11) is 0. The first-order valence-corrected chi connectivity index (χ1v) is 11.0. The van der Waals surface area contributed by atoms with Gasteiger partial charge in [-0.1, -0.05) is 36.4 Å². The molecule has 2 heterocycles. The van der Waals surface area contributed by atoms with Crippen molar-refractivity contribution in [3.63, 3.8) is 0 Å². The summed E-state index contributed by atoms with van der Waals surface area (Å²) in [5.41, 5.74) is 3.21. The number of carbonyl (C=O) groups excluding carboxylic acids is 2. The molecule has 0 unspecified atom stereocenters. The van der Waals surface area contributed by atoms with E-state index in [0.29, 0.717) is 24.3 Å². The maximum Gasteiger partial charge on any atom is 0.344 e. The number of ether oxygens (including phenoxy) is 2. The van der Waals surface area contributed by atoms with Crippen LogP contribution in [0.5, 0.6) is 5.75 Å². The standard InChI is InChI=1S/C24H22N2O4S/c1-2-29-23(27)15-30-22-11-7-6-10-19(22)21-14-20(18-12-13-31-16-18)25-26(21)24(28)17-8-4-3-5-9-17/h3-13,16,21H,2,14-15H2,1H3/t21-/m0/s1. The molecule has 2 aromatic carbocycles. The molecule has 0 bridgehead atoms. The van der Waals surface area contributed by atoms with Crippen molar-refractivity contribution >= 4 is 28.9 Å². The Kier molecular flexibility index (Phi) is 6.43. The Hall–Kier alpha value is -3.45. The fourth-order valence-electron chi connectivity index (χ4n) is 3.48. The second-order valence-electron chi connectivity index (χ2n) is 6.93. The van der Waals surface area contributed by atoms with E-state index in [1.165, 1.54) is 5.01 Å². The lowest BCUT2D eigenvalue weighted by Crippen LogP contribution is -2.27. The molecule has 1 atom stereocenters. The summed E-state index contributed by atoms with van der Waals surface area (Å²) >= 11 is 1.59. The number of amides is 1. The van der Waals surface area contributed by atoms with Gasteiger partial charge >= 0.3 is 5.97 Å². The normalized spacial score (nSPS) is 15.5. The lowest BCUT2D eigenvalue weighted by molar-refractivity contribution is -0.145. The summed E-state index contributed by atoms with van der Waals surface area (Å²) in [4.78, 5) is 25.1. The zero-order chi connectivity index (χ0) is 21.6. The molecule has 0 spiro atoms. The van der Waals surface area contributed by atoms with E-state index in [-0.39, 0.29) is 18.6 Å². The van der Waals surface area contributed by atoms with Gasteiger partial charge in [0.25, 0.3) is 5.91 Å². The van der Waals surface area contributed by atoms with Crippen molar-refractivity contribution < 1.29 is 19.1 Å². The van der Waals surface area contributed by atoms with Crippen molar-refractivity contribution in [3.05, 3.63) is 88.1 Å². The van der Waals surface area contributed by atoms with E-state index in [0.717, 1.165) is 16.8 Å². The van der Waals surface area contributed by atoms with Crippen LogP contribution in [0.15, 0.2) is 76.5 Å². The van der Waals surface area contributed by atoms with Gasteiger partial charge in [0.15, 0.2) is 6.61 Å². The SMILES string of the molecule is CCOC(=O)COc1ccccc1[C@@H]1CC(c2ccsc2)=NN1C(=O)c1ccccc1. The number of para-hydroxylation sites is 1. The van der Waals surface area contributed by atoms with E-state index >= 15 is 0 Å². The second-order valence-corrected chi connectivity index (χ2v) is 7.71. The predicted molar refractivity (Wildman–Crippen MR) is 119 cm³/mol. The van der Waals surface area contributed by atoms with Crippen LogP contribution < -0.4 is 4.74 Å². The maximum atomic E-state index is 13.3. The van der Waals surface area contributed by atoms with Crippen molar-refractivity contribution in [2.24, 2.45) is 5.10 Å². The van der Waals surface area contributed by atoms with Crippen LogP contribution >= 0.6 is 11.3 Å². The molecule has 158 valence electrons. The van der Waals surface area contributed by atoms with Crippen molar-refractivity contribution in [1.29, 1.82) is 0 Å². The number of hydrazone groups is 1.